The molecule has 0 bridgehead atoms. The molecule has 1 heterocycles. The largest absolute Gasteiger partial charge is 0.469 e. The third kappa shape index (κ3) is 5.19. The van der Waals surface area contributed by atoms with Gasteiger partial charge in [0.25, 0.3) is 0 Å². The molecule has 2 N–H and O–H groups in total. The van der Waals surface area contributed by atoms with Gasteiger partial charge in [-0.3, -0.25) is 9.69 Å². The summed E-state index contributed by atoms with van der Waals surface area (Å²) < 4.78 is 9.89. The summed E-state index contributed by atoms with van der Waals surface area (Å²) in [6.45, 7) is 2.33. The molecule has 6 heteroatoms. The molecule has 1 fully saturated rings. The van der Waals surface area contributed by atoms with Crippen LogP contribution in [0.15, 0.2) is 30.3 Å². The van der Waals surface area contributed by atoms with E-state index < -0.39 is 0 Å². The lowest BCUT2D eigenvalue weighted by Crippen LogP contribution is -2.47. The van der Waals surface area contributed by atoms with Gasteiger partial charge in [0.1, 0.15) is 6.61 Å². The van der Waals surface area contributed by atoms with Gasteiger partial charge in [0.15, 0.2) is 0 Å². The van der Waals surface area contributed by atoms with Crippen molar-refractivity contribution in [3.05, 3.63) is 35.9 Å². The minimum atomic E-state index is -0.303. The second kappa shape index (κ2) is 9.42. The summed E-state index contributed by atoms with van der Waals surface area (Å²) in [6, 6.07) is 9.55. The predicted octanol–water partition coefficient (Wildman–Crippen LogP) is 3.02. The van der Waals surface area contributed by atoms with Crippen LogP contribution in [0.3, 0.4) is 0 Å². The molecular weight excluding hydrogens is 320 g/mol. The molecule has 0 spiro atoms. The summed E-state index contributed by atoms with van der Waals surface area (Å²) in [7, 11) is 1.40. The van der Waals surface area contributed by atoms with Gasteiger partial charge in [0, 0.05) is 18.5 Å². The highest BCUT2D eigenvalue weighted by molar-refractivity contribution is 5.71. The standard InChI is InChI=1S/C19H28N2O4/c1-14(16(20)11-7-4-8-12-18(22)24-2)21-17(13-25-19(21)23)15-9-5-3-6-10-15/h3,5-6,9-10,14,16-17H,4,7-8,11-13,20H2,1-2H3/t14-,16-,17+/m0/s1. The fourth-order valence-electron chi connectivity index (χ4n) is 3.19. The highest BCUT2D eigenvalue weighted by Gasteiger charge is 2.39. The van der Waals surface area contributed by atoms with Crippen LogP contribution in [0, 0.1) is 0 Å². The number of benzene rings is 1. The second-order valence-corrected chi connectivity index (χ2v) is 6.49. The van der Waals surface area contributed by atoms with Crippen molar-refractivity contribution in [2.45, 2.75) is 57.2 Å². The zero-order valence-corrected chi connectivity index (χ0v) is 15.0. The first-order valence-electron chi connectivity index (χ1n) is 8.87. The number of ether oxygens (including phenoxy) is 2. The number of unbranched alkanes of at least 4 members (excludes halogenated alkanes) is 2. The molecule has 2 rings (SSSR count). The SMILES string of the molecule is COC(=O)CCCCC[C@H](N)[C@H](C)N1C(=O)OC[C@@H]1c1ccccc1. The average Bonchev–Trinajstić information content (AvgIpc) is 3.02. The molecule has 1 aliphatic heterocycles. The Bertz CT molecular complexity index is 564. The first kappa shape index (κ1) is 19.2. The van der Waals surface area contributed by atoms with E-state index in [0.29, 0.717) is 13.0 Å². The zero-order valence-electron chi connectivity index (χ0n) is 15.0. The molecule has 6 nitrogen and oxygen atoms in total. The molecule has 0 aromatic heterocycles. The predicted molar refractivity (Wildman–Crippen MR) is 94.9 cm³/mol. The van der Waals surface area contributed by atoms with Gasteiger partial charge in [0.2, 0.25) is 0 Å². The van der Waals surface area contributed by atoms with Crippen LogP contribution in [0.25, 0.3) is 0 Å². The van der Waals surface area contributed by atoms with E-state index in [4.69, 9.17) is 10.5 Å². The number of carbonyl (C=O) groups excluding carboxylic acids is 2. The summed E-state index contributed by atoms with van der Waals surface area (Å²) in [5, 5.41) is 0. The van der Waals surface area contributed by atoms with Crippen LogP contribution in [0.2, 0.25) is 0 Å². The number of esters is 1. The third-order valence-corrected chi connectivity index (χ3v) is 4.80. The molecular formula is C19H28N2O4. The van der Waals surface area contributed by atoms with E-state index in [9.17, 15) is 9.59 Å². The smallest absolute Gasteiger partial charge is 0.410 e. The van der Waals surface area contributed by atoms with Gasteiger partial charge in [-0.15, -0.1) is 0 Å². The van der Waals surface area contributed by atoms with Gasteiger partial charge >= 0.3 is 12.1 Å². The molecule has 0 aliphatic carbocycles. The summed E-state index contributed by atoms with van der Waals surface area (Å²) in [6.07, 6.45) is 3.57. The van der Waals surface area contributed by atoms with Crippen LogP contribution in [0.4, 0.5) is 4.79 Å². The average molecular weight is 348 g/mol. The first-order chi connectivity index (χ1) is 12.0. The fourth-order valence-corrected chi connectivity index (χ4v) is 3.19. The van der Waals surface area contributed by atoms with Gasteiger partial charge in [-0.25, -0.2) is 4.79 Å². The maximum atomic E-state index is 12.2. The lowest BCUT2D eigenvalue weighted by atomic mass is 9.98. The number of rotatable bonds is 9. The van der Waals surface area contributed by atoms with E-state index >= 15 is 0 Å². The van der Waals surface area contributed by atoms with Gasteiger partial charge in [-0.2, -0.15) is 0 Å². The highest BCUT2D eigenvalue weighted by Crippen LogP contribution is 2.30. The lowest BCUT2D eigenvalue weighted by Gasteiger charge is -2.32. The highest BCUT2D eigenvalue weighted by atomic mass is 16.6. The maximum absolute atomic E-state index is 12.2. The Morgan fingerprint density at radius 2 is 2.04 bits per heavy atom. The minimum Gasteiger partial charge on any atom is -0.469 e. The Morgan fingerprint density at radius 3 is 2.72 bits per heavy atom. The molecule has 1 amide bonds. The van der Waals surface area contributed by atoms with Crippen molar-refractivity contribution in [1.29, 1.82) is 0 Å². The molecule has 1 aromatic carbocycles. The van der Waals surface area contributed by atoms with E-state index in [-0.39, 0.29) is 30.2 Å². The molecule has 0 saturated carbocycles. The Labute approximate surface area is 149 Å². The van der Waals surface area contributed by atoms with Crippen molar-refractivity contribution in [3.8, 4) is 0 Å². The second-order valence-electron chi connectivity index (χ2n) is 6.49. The van der Waals surface area contributed by atoms with E-state index in [1.165, 1.54) is 7.11 Å². The van der Waals surface area contributed by atoms with Crippen molar-refractivity contribution in [1.82, 2.24) is 4.90 Å². The maximum Gasteiger partial charge on any atom is 0.410 e. The minimum absolute atomic E-state index is 0.0888. The van der Waals surface area contributed by atoms with Crippen molar-refractivity contribution >= 4 is 12.1 Å². The van der Waals surface area contributed by atoms with Gasteiger partial charge < -0.3 is 15.2 Å². The monoisotopic (exact) mass is 348 g/mol. The summed E-state index contributed by atoms with van der Waals surface area (Å²) in [4.78, 5) is 25.0. The van der Waals surface area contributed by atoms with E-state index in [1.807, 2.05) is 37.3 Å². The summed E-state index contributed by atoms with van der Waals surface area (Å²) in [5.74, 6) is -0.178. The topological polar surface area (TPSA) is 81.9 Å². The first-order valence-corrected chi connectivity index (χ1v) is 8.87. The van der Waals surface area contributed by atoms with Crippen molar-refractivity contribution < 1.29 is 19.1 Å². The molecule has 0 radical (unpaired) electrons. The number of nitrogens with two attached hydrogens (primary N) is 1. The molecule has 1 aliphatic rings. The van der Waals surface area contributed by atoms with Crippen LogP contribution in [0.1, 0.15) is 50.6 Å². The molecule has 1 aromatic rings. The molecule has 25 heavy (non-hydrogen) atoms. The summed E-state index contributed by atoms with van der Waals surface area (Å²) in [5.41, 5.74) is 7.39. The van der Waals surface area contributed by atoms with E-state index in [1.54, 1.807) is 4.90 Å². The Hall–Kier alpha value is -2.08. The number of amides is 1. The molecule has 3 atom stereocenters. The third-order valence-electron chi connectivity index (χ3n) is 4.80. The molecule has 1 saturated heterocycles. The van der Waals surface area contributed by atoms with Crippen molar-refractivity contribution in [3.63, 3.8) is 0 Å². The number of carbonyl (C=O) groups is 2. The van der Waals surface area contributed by atoms with Crippen LogP contribution in [-0.2, 0) is 14.3 Å². The van der Waals surface area contributed by atoms with Crippen LogP contribution < -0.4 is 5.73 Å². The van der Waals surface area contributed by atoms with Crippen LogP contribution >= 0.6 is 0 Å². The Kier molecular flexibility index (Phi) is 7.25. The zero-order chi connectivity index (χ0) is 18.2. The fraction of sp³-hybridized carbons (Fsp3) is 0.579. The normalized spacial score (nSPS) is 19.4. The number of hydrogen-bond acceptors (Lipinski definition) is 5. The number of cyclic esters (lactones) is 1. The quantitative estimate of drug-likeness (QED) is 0.548. The van der Waals surface area contributed by atoms with Gasteiger partial charge in [-0.05, 0) is 25.3 Å². The lowest BCUT2D eigenvalue weighted by molar-refractivity contribution is -0.140. The summed E-state index contributed by atoms with van der Waals surface area (Å²) >= 11 is 0. The Balaban J connectivity index is 1.85. The van der Waals surface area contributed by atoms with Crippen LogP contribution in [-0.4, -0.2) is 42.8 Å². The van der Waals surface area contributed by atoms with Crippen molar-refractivity contribution in [2.24, 2.45) is 5.73 Å². The number of methoxy groups -OCH3 is 1. The number of nitrogens with zero attached hydrogens (tertiary/aromatic N) is 1. The number of hydrogen-bond donors (Lipinski definition) is 1. The van der Waals surface area contributed by atoms with Crippen molar-refractivity contribution in [2.75, 3.05) is 13.7 Å². The van der Waals surface area contributed by atoms with E-state index in [0.717, 1.165) is 31.2 Å². The van der Waals surface area contributed by atoms with Gasteiger partial charge in [-0.1, -0.05) is 43.2 Å². The Morgan fingerprint density at radius 1 is 1.32 bits per heavy atom. The molecule has 138 valence electrons. The van der Waals surface area contributed by atoms with Crippen LogP contribution in [0.5, 0.6) is 0 Å². The molecule has 0 unspecified atom stereocenters. The van der Waals surface area contributed by atoms with Gasteiger partial charge in [0.05, 0.1) is 13.2 Å². The van der Waals surface area contributed by atoms with E-state index in [2.05, 4.69) is 4.74 Å².